The van der Waals surface area contributed by atoms with Gasteiger partial charge in [-0.1, -0.05) is 0 Å². The van der Waals surface area contributed by atoms with E-state index < -0.39 is 0 Å². The number of carbonyl (C=O) groups excluding carboxylic acids is 1. The van der Waals surface area contributed by atoms with Crippen molar-refractivity contribution < 1.29 is 4.79 Å². The highest BCUT2D eigenvalue weighted by Gasteiger charge is 2.40. The average molecular weight is 246 g/mol. The van der Waals surface area contributed by atoms with Crippen molar-refractivity contribution in [3.05, 3.63) is 17.8 Å². The van der Waals surface area contributed by atoms with E-state index in [4.69, 9.17) is 0 Å². The molecular weight excluding hydrogens is 228 g/mol. The average Bonchev–Trinajstić information content (AvgIpc) is 2.73. The van der Waals surface area contributed by atoms with Crippen molar-refractivity contribution in [2.75, 3.05) is 18.0 Å². The molecule has 2 saturated heterocycles. The lowest BCUT2D eigenvalue weighted by atomic mass is 9.86. The molecule has 1 N–H and O–H groups in total. The Morgan fingerprint density at radius 3 is 2.56 bits per heavy atom. The number of nitrogens with zero attached hydrogens (tertiary/aromatic N) is 3. The van der Waals surface area contributed by atoms with Crippen LogP contribution in [0.1, 0.15) is 31.4 Å². The van der Waals surface area contributed by atoms with Gasteiger partial charge in [0, 0.05) is 25.0 Å². The first kappa shape index (κ1) is 11.4. The summed E-state index contributed by atoms with van der Waals surface area (Å²) in [6.07, 6.45) is 3.69. The second-order valence-corrected chi connectivity index (χ2v) is 5.35. The molecule has 96 valence electrons. The van der Waals surface area contributed by atoms with Gasteiger partial charge < -0.3 is 10.2 Å². The Morgan fingerprint density at radius 2 is 2.00 bits per heavy atom. The molecule has 3 rings (SSSR count). The smallest absolute Gasteiger partial charge is 0.220 e. The molecule has 1 spiro atoms. The zero-order valence-electron chi connectivity index (χ0n) is 10.6. The van der Waals surface area contributed by atoms with Crippen molar-refractivity contribution in [3.63, 3.8) is 0 Å². The third-order valence-electron chi connectivity index (χ3n) is 4.06. The van der Waals surface area contributed by atoms with Crippen LogP contribution in [-0.4, -0.2) is 34.7 Å². The first-order valence-corrected chi connectivity index (χ1v) is 6.53. The normalized spacial score (nSPS) is 22.3. The number of hydrogen-bond acceptors (Lipinski definition) is 4. The van der Waals surface area contributed by atoms with Gasteiger partial charge in [-0.25, -0.2) is 0 Å². The van der Waals surface area contributed by atoms with Gasteiger partial charge in [-0.3, -0.25) is 4.79 Å². The lowest BCUT2D eigenvalue weighted by Gasteiger charge is -2.39. The lowest BCUT2D eigenvalue weighted by Crippen LogP contribution is -2.51. The number of hydrogen-bond donors (Lipinski definition) is 1. The van der Waals surface area contributed by atoms with Crippen molar-refractivity contribution in [2.45, 2.75) is 38.1 Å². The van der Waals surface area contributed by atoms with Gasteiger partial charge in [0.2, 0.25) is 5.91 Å². The molecular formula is C13H18N4O. The Morgan fingerprint density at radius 1 is 1.22 bits per heavy atom. The Balaban J connectivity index is 1.66. The molecule has 0 radical (unpaired) electrons. The van der Waals surface area contributed by atoms with Crippen LogP contribution in [0.5, 0.6) is 0 Å². The number of aromatic nitrogens is 2. The largest absolute Gasteiger partial charge is 0.355 e. The van der Waals surface area contributed by atoms with Gasteiger partial charge in [-0.2, -0.15) is 5.10 Å². The molecule has 5 heteroatoms. The van der Waals surface area contributed by atoms with Gasteiger partial charge in [-0.05, 0) is 38.3 Å². The maximum absolute atomic E-state index is 11.4. The number of carbonyl (C=O) groups is 1. The first-order valence-electron chi connectivity index (χ1n) is 6.53. The quantitative estimate of drug-likeness (QED) is 0.804. The summed E-state index contributed by atoms with van der Waals surface area (Å²) in [6.45, 7) is 3.83. The standard InChI is InChI=1S/C13H18N4O/c1-10-2-3-11(16-15-10)17-8-6-13(7-9-17)5-4-12(18)14-13/h2-3H,4-9H2,1H3,(H,14,18). The van der Waals surface area contributed by atoms with E-state index in [9.17, 15) is 4.79 Å². The third kappa shape index (κ3) is 2.05. The van der Waals surface area contributed by atoms with E-state index in [1.54, 1.807) is 0 Å². The number of anilines is 1. The Labute approximate surface area is 107 Å². The van der Waals surface area contributed by atoms with Gasteiger partial charge in [-0.15, -0.1) is 5.10 Å². The molecule has 0 aromatic carbocycles. The molecule has 0 saturated carbocycles. The molecule has 18 heavy (non-hydrogen) atoms. The predicted octanol–water partition coefficient (Wildman–Crippen LogP) is 1.03. The summed E-state index contributed by atoms with van der Waals surface area (Å²) in [5.74, 6) is 1.15. The molecule has 0 unspecified atom stereocenters. The van der Waals surface area contributed by atoms with E-state index in [1.165, 1.54) is 0 Å². The Kier molecular flexibility index (Phi) is 2.69. The second kappa shape index (κ2) is 4.23. The second-order valence-electron chi connectivity index (χ2n) is 5.35. The van der Waals surface area contributed by atoms with E-state index in [0.29, 0.717) is 6.42 Å². The number of nitrogens with one attached hydrogen (secondary N) is 1. The topological polar surface area (TPSA) is 58.1 Å². The van der Waals surface area contributed by atoms with Crippen LogP contribution < -0.4 is 10.2 Å². The minimum absolute atomic E-state index is 0.0612. The van der Waals surface area contributed by atoms with E-state index in [0.717, 1.165) is 43.9 Å². The molecule has 5 nitrogen and oxygen atoms in total. The fourth-order valence-corrected chi connectivity index (χ4v) is 2.87. The minimum Gasteiger partial charge on any atom is -0.355 e. The highest BCUT2D eigenvalue weighted by atomic mass is 16.2. The number of rotatable bonds is 1. The van der Waals surface area contributed by atoms with Crippen molar-refractivity contribution in [3.8, 4) is 0 Å². The van der Waals surface area contributed by atoms with E-state index in [-0.39, 0.29) is 11.4 Å². The van der Waals surface area contributed by atoms with Gasteiger partial charge in [0.05, 0.1) is 5.69 Å². The molecule has 0 atom stereocenters. The van der Waals surface area contributed by atoms with Crippen molar-refractivity contribution in [2.24, 2.45) is 0 Å². The molecule has 1 aromatic heterocycles. The van der Waals surface area contributed by atoms with Crippen LogP contribution in [0.25, 0.3) is 0 Å². The van der Waals surface area contributed by atoms with E-state index >= 15 is 0 Å². The minimum atomic E-state index is 0.0612. The van der Waals surface area contributed by atoms with E-state index in [1.807, 2.05) is 19.1 Å². The zero-order valence-corrected chi connectivity index (χ0v) is 10.6. The van der Waals surface area contributed by atoms with Gasteiger partial charge in [0.15, 0.2) is 5.82 Å². The number of piperidine rings is 1. The molecule has 0 bridgehead atoms. The van der Waals surface area contributed by atoms with E-state index in [2.05, 4.69) is 20.4 Å². The van der Waals surface area contributed by atoms with Gasteiger partial charge in [0.25, 0.3) is 0 Å². The summed E-state index contributed by atoms with van der Waals surface area (Å²) in [6, 6.07) is 4.01. The van der Waals surface area contributed by atoms with Crippen molar-refractivity contribution >= 4 is 11.7 Å². The molecule has 2 aliphatic rings. The lowest BCUT2D eigenvalue weighted by molar-refractivity contribution is -0.119. The summed E-state index contributed by atoms with van der Waals surface area (Å²) in [5, 5.41) is 11.5. The summed E-state index contributed by atoms with van der Waals surface area (Å²) in [7, 11) is 0. The van der Waals surface area contributed by atoms with Crippen LogP contribution in [0.3, 0.4) is 0 Å². The molecule has 1 aromatic rings. The molecule has 3 heterocycles. The van der Waals surface area contributed by atoms with Crippen LogP contribution >= 0.6 is 0 Å². The summed E-state index contributed by atoms with van der Waals surface area (Å²) in [4.78, 5) is 13.6. The fourth-order valence-electron chi connectivity index (χ4n) is 2.87. The van der Waals surface area contributed by atoms with Crippen LogP contribution in [0.2, 0.25) is 0 Å². The first-order chi connectivity index (χ1) is 8.67. The Hall–Kier alpha value is -1.65. The molecule has 0 aliphatic carbocycles. The monoisotopic (exact) mass is 246 g/mol. The third-order valence-corrected chi connectivity index (χ3v) is 4.06. The molecule has 1 amide bonds. The highest BCUT2D eigenvalue weighted by Crippen LogP contribution is 2.32. The van der Waals surface area contributed by atoms with Crippen LogP contribution in [-0.2, 0) is 4.79 Å². The van der Waals surface area contributed by atoms with Gasteiger partial charge >= 0.3 is 0 Å². The van der Waals surface area contributed by atoms with Crippen molar-refractivity contribution in [1.82, 2.24) is 15.5 Å². The summed E-state index contributed by atoms with van der Waals surface area (Å²) in [5.41, 5.74) is 1.00. The molecule has 2 fully saturated rings. The SMILES string of the molecule is Cc1ccc(N2CCC3(CCC(=O)N3)CC2)nn1. The predicted molar refractivity (Wildman–Crippen MR) is 68.3 cm³/mol. The maximum Gasteiger partial charge on any atom is 0.220 e. The number of amides is 1. The summed E-state index contributed by atoms with van der Waals surface area (Å²) < 4.78 is 0. The zero-order chi connectivity index (χ0) is 12.6. The maximum atomic E-state index is 11.4. The Bertz CT molecular complexity index is 449. The van der Waals surface area contributed by atoms with Crippen LogP contribution in [0.15, 0.2) is 12.1 Å². The summed E-state index contributed by atoms with van der Waals surface area (Å²) >= 11 is 0. The van der Waals surface area contributed by atoms with Crippen LogP contribution in [0, 0.1) is 6.92 Å². The number of aryl methyl sites for hydroxylation is 1. The van der Waals surface area contributed by atoms with Crippen LogP contribution in [0.4, 0.5) is 5.82 Å². The van der Waals surface area contributed by atoms with Crippen molar-refractivity contribution in [1.29, 1.82) is 0 Å². The molecule has 2 aliphatic heterocycles. The highest BCUT2D eigenvalue weighted by molar-refractivity contribution is 5.79. The fraction of sp³-hybridized carbons (Fsp3) is 0.615. The van der Waals surface area contributed by atoms with Gasteiger partial charge in [0.1, 0.15) is 0 Å².